The van der Waals surface area contributed by atoms with E-state index in [1.807, 2.05) is 0 Å². The van der Waals surface area contributed by atoms with E-state index in [0.717, 1.165) is 0 Å². The molecule has 0 aromatic heterocycles. The molecule has 0 aromatic rings. The number of thioether (sulfide) groups is 3. The third kappa shape index (κ3) is 5.14. The average molecular weight is 561 g/mol. The van der Waals surface area contributed by atoms with Crippen molar-refractivity contribution in [3.63, 3.8) is 0 Å². The Morgan fingerprint density at radius 2 is 2.11 bits per heavy atom. The lowest BCUT2D eigenvalue weighted by molar-refractivity contribution is -0.159. The first-order valence-corrected chi connectivity index (χ1v) is 13.6. The Labute approximate surface area is 217 Å². The Morgan fingerprint density at radius 1 is 1.36 bits per heavy atom. The summed E-state index contributed by atoms with van der Waals surface area (Å²) < 4.78 is 0. The molecule has 4 aliphatic heterocycles. The lowest BCUT2D eigenvalue weighted by Crippen LogP contribution is -2.74. The molecule has 4 amide bonds. The summed E-state index contributed by atoms with van der Waals surface area (Å²) in [6, 6.07) is -2.64. The minimum absolute atomic E-state index is 0.0400. The van der Waals surface area contributed by atoms with Crippen molar-refractivity contribution in [1.29, 1.82) is 0 Å². The number of hydrogen-bond acceptors (Lipinski definition) is 13. The summed E-state index contributed by atoms with van der Waals surface area (Å²) in [5.41, 5.74) is 7.69. The number of hydrazine groups is 1. The van der Waals surface area contributed by atoms with Gasteiger partial charge in [0.1, 0.15) is 29.5 Å². The van der Waals surface area contributed by atoms with Crippen molar-refractivity contribution >= 4 is 70.6 Å². The molecule has 7 N–H and O–H groups in total. The molecule has 0 aliphatic carbocycles. The molecular weight excluding hydrogens is 536 g/mol. The number of aliphatic carboxylic acids is 1. The number of oxime groups is 1. The van der Waals surface area contributed by atoms with Crippen LogP contribution in [0, 0.1) is 0 Å². The zero-order valence-electron chi connectivity index (χ0n) is 19.0. The van der Waals surface area contributed by atoms with Gasteiger partial charge >= 0.3 is 17.8 Å². The van der Waals surface area contributed by atoms with E-state index < -0.39 is 58.6 Å². The molecule has 3 fully saturated rings. The number of hydrogen-bond donors (Lipinski definition) is 6. The Bertz CT molecular complexity index is 1040. The minimum Gasteiger partial charge on any atom is -0.479 e. The first-order valence-electron chi connectivity index (χ1n) is 10.5. The standard InChI is InChI=1S/C18H24N8O7S3/c1-25-18(22-12(28)13(29)23-25)36-4-6-3-34-15-9(14(30)26(15)10(6)16(31)32)21-11(27)8(24-33-2)7-5-35-17(19)20-7/h3,7,9-10,15,17-18,20H,4-5,19H2,1-2H3,(H,21,27)(H,22,28)(H,23,29)(H,31,32)/b24-8+/t7?,9-,10?,15-,17?,18?/m1/s1. The number of β-lactam (4-membered cyclic amide) rings is 1. The summed E-state index contributed by atoms with van der Waals surface area (Å²) in [5.74, 6) is -3.31. The molecule has 18 heteroatoms. The molecule has 36 heavy (non-hydrogen) atoms. The Morgan fingerprint density at radius 3 is 2.75 bits per heavy atom. The fourth-order valence-corrected chi connectivity index (χ4v) is 7.23. The van der Waals surface area contributed by atoms with Gasteiger partial charge in [-0.3, -0.25) is 29.9 Å². The predicted molar refractivity (Wildman–Crippen MR) is 132 cm³/mol. The second kappa shape index (κ2) is 10.9. The molecule has 15 nitrogen and oxygen atoms in total. The molecule has 6 atom stereocenters. The first-order chi connectivity index (χ1) is 17.1. The second-order valence-electron chi connectivity index (χ2n) is 7.98. The van der Waals surface area contributed by atoms with Gasteiger partial charge in [0, 0.05) is 18.6 Å². The van der Waals surface area contributed by atoms with E-state index in [9.17, 15) is 29.1 Å². The number of carboxylic acids is 1. The lowest BCUT2D eigenvalue weighted by atomic mass is 9.98. The van der Waals surface area contributed by atoms with E-state index in [2.05, 4.69) is 26.5 Å². The first kappa shape index (κ1) is 26.6. The van der Waals surface area contributed by atoms with E-state index in [4.69, 9.17) is 10.6 Å². The summed E-state index contributed by atoms with van der Waals surface area (Å²) >= 11 is 3.80. The van der Waals surface area contributed by atoms with E-state index >= 15 is 0 Å². The minimum atomic E-state index is -1.23. The van der Waals surface area contributed by atoms with Crippen LogP contribution in [0.25, 0.3) is 0 Å². The topological polar surface area (TPSA) is 208 Å². The quantitative estimate of drug-likeness (QED) is 0.0748. The third-order valence-electron chi connectivity index (χ3n) is 5.65. The van der Waals surface area contributed by atoms with Crippen LogP contribution in [-0.2, 0) is 28.8 Å². The smallest absolute Gasteiger partial charge is 0.330 e. The zero-order chi connectivity index (χ0) is 26.1. The van der Waals surface area contributed by atoms with Crippen molar-refractivity contribution in [1.82, 2.24) is 31.3 Å². The van der Waals surface area contributed by atoms with Gasteiger partial charge in [0.05, 0.1) is 6.04 Å². The van der Waals surface area contributed by atoms with Gasteiger partial charge in [-0.1, -0.05) is 5.16 Å². The zero-order valence-corrected chi connectivity index (χ0v) is 21.4. The normalized spacial score (nSPS) is 32.6. The van der Waals surface area contributed by atoms with Crippen molar-refractivity contribution in [2.45, 2.75) is 34.5 Å². The molecule has 3 saturated heterocycles. The van der Waals surface area contributed by atoms with Crippen LogP contribution in [0.4, 0.5) is 0 Å². The summed E-state index contributed by atoms with van der Waals surface area (Å²) in [7, 11) is 2.86. The number of nitrogens with zero attached hydrogens (tertiary/aromatic N) is 3. The predicted octanol–water partition coefficient (Wildman–Crippen LogP) is -3.22. The van der Waals surface area contributed by atoms with Crippen molar-refractivity contribution in [2.75, 3.05) is 25.7 Å². The van der Waals surface area contributed by atoms with Crippen molar-refractivity contribution in [2.24, 2.45) is 10.9 Å². The Hall–Kier alpha value is -2.51. The Kier molecular flexibility index (Phi) is 8.00. The van der Waals surface area contributed by atoms with Crippen molar-refractivity contribution in [3.05, 3.63) is 11.0 Å². The molecule has 0 radical (unpaired) electrons. The van der Waals surface area contributed by atoms with E-state index in [1.54, 1.807) is 12.5 Å². The van der Waals surface area contributed by atoms with Crippen molar-refractivity contribution < 1.29 is 33.9 Å². The van der Waals surface area contributed by atoms with Crippen molar-refractivity contribution in [3.8, 4) is 0 Å². The summed E-state index contributed by atoms with van der Waals surface area (Å²) in [5, 5.41) is 24.2. The van der Waals surface area contributed by atoms with Crippen LogP contribution in [-0.4, -0.2) is 110 Å². The molecule has 0 spiro atoms. The molecule has 4 rings (SSSR count). The maximum Gasteiger partial charge on any atom is 0.330 e. The van der Waals surface area contributed by atoms with Crippen LogP contribution in [0.1, 0.15) is 0 Å². The van der Waals surface area contributed by atoms with Gasteiger partial charge in [0.15, 0.2) is 11.8 Å². The number of fused-ring (bicyclic) bond motifs is 1. The highest BCUT2D eigenvalue weighted by Gasteiger charge is 2.56. The molecule has 4 unspecified atom stereocenters. The average Bonchev–Trinajstić information content (AvgIpc) is 3.27. The molecule has 0 aromatic carbocycles. The van der Waals surface area contributed by atoms with Crippen LogP contribution in [0.5, 0.6) is 0 Å². The SMILES string of the molecule is CO/N=C(/C(=O)N[C@@H]1C(=O)N2C(C(=O)O)C(CSC3NC(=O)C(=O)NN3C)=CS[C@H]12)C1CSC(N)N1. The van der Waals surface area contributed by atoms with Gasteiger partial charge in [0.25, 0.3) is 5.91 Å². The van der Waals surface area contributed by atoms with Crippen LogP contribution < -0.4 is 27.1 Å². The highest BCUT2D eigenvalue weighted by atomic mass is 32.2. The molecule has 4 aliphatic rings. The number of carboxylic acid groups (broad SMARTS) is 1. The Balaban J connectivity index is 1.42. The van der Waals surface area contributed by atoms with Gasteiger partial charge in [-0.25, -0.2) is 4.79 Å². The van der Waals surface area contributed by atoms with Crippen LogP contribution in [0.2, 0.25) is 0 Å². The van der Waals surface area contributed by atoms with E-state index in [-0.39, 0.29) is 17.0 Å². The van der Waals surface area contributed by atoms with Gasteiger partial charge in [-0.15, -0.1) is 35.3 Å². The highest BCUT2D eigenvalue weighted by Crippen LogP contribution is 2.41. The molecule has 0 saturated carbocycles. The fourth-order valence-electron chi connectivity index (χ4n) is 3.93. The highest BCUT2D eigenvalue weighted by molar-refractivity contribution is 8.03. The second-order valence-corrected chi connectivity index (χ2v) is 11.2. The lowest BCUT2D eigenvalue weighted by Gasteiger charge is -2.51. The van der Waals surface area contributed by atoms with Gasteiger partial charge in [-0.05, 0) is 11.0 Å². The van der Waals surface area contributed by atoms with Crippen LogP contribution in [0.3, 0.4) is 0 Å². The number of nitrogens with one attached hydrogen (secondary N) is 4. The maximum absolute atomic E-state index is 13.0. The monoisotopic (exact) mass is 560 g/mol. The van der Waals surface area contributed by atoms with Gasteiger partial charge in [0.2, 0.25) is 5.91 Å². The molecule has 0 bridgehead atoms. The maximum atomic E-state index is 13.0. The number of amides is 4. The molecular formula is C18H24N8O7S3. The summed E-state index contributed by atoms with van der Waals surface area (Å²) in [4.78, 5) is 67.0. The van der Waals surface area contributed by atoms with Crippen LogP contribution in [0.15, 0.2) is 16.1 Å². The number of rotatable bonds is 8. The van der Waals surface area contributed by atoms with E-state index in [0.29, 0.717) is 11.3 Å². The van der Waals surface area contributed by atoms with E-state index in [1.165, 1.54) is 52.3 Å². The summed E-state index contributed by atoms with van der Waals surface area (Å²) in [6.45, 7) is 0. The van der Waals surface area contributed by atoms with Gasteiger partial charge in [-0.2, -0.15) is 5.01 Å². The third-order valence-corrected chi connectivity index (χ3v) is 9.13. The molecule has 196 valence electrons. The summed E-state index contributed by atoms with van der Waals surface area (Å²) in [6.07, 6.45) is 0. The fraction of sp³-hybridized carbons (Fsp3) is 0.556. The number of carbonyl (C=O) groups excluding carboxylic acids is 4. The van der Waals surface area contributed by atoms with Crippen LogP contribution >= 0.6 is 35.3 Å². The van der Waals surface area contributed by atoms with Gasteiger partial charge < -0.3 is 31.2 Å². The number of nitrogens with two attached hydrogens (primary N) is 1. The number of carbonyl (C=O) groups is 5. The molecule has 4 heterocycles. The largest absolute Gasteiger partial charge is 0.479 e.